The monoisotopic (exact) mass is 353 g/mol. The lowest BCUT2D eigenvalue weighted by atomic mass is 9.65. The Morgan fingerprint density at radius 3 is 2.48 bits per heavy atom. The minimum absolute atomic E-state index is 0.0644. The number of rotatable bonds is 4. The quantitative estimate of drug-likeness (QED) is 0.779. The van der Waals surface area contributed by atoms with Gasteiger partial charge >= 0.3 is 12.1 Å². The molecule has 1 aliphatic carbocycles. The first-order valence-electron chi connectivity index (χ1n) is 8.36. The maximum Gasteiger partial charge on any atom is 0.410 e. The van der Waals surface area contributed by atoms with Crippen LogP contribution in [0.15, 0.2) is 30.3 Å². The number of carbonyl (C=O) groups is 2. The Morgan fingerprint density at radius 1 is 1.20 bits per heavy atom. The van der Waals surface area contributed by atoms with E-state index in [1.165, 1.54) is 4.90 Å². The predicted octanol–water partition coefficient (Wildman–Crippen LogP) is 3.38. The van der Waals surface area contributed by atoms with E-state index in [2.05, 4.69) is 0 Å². The number of ether oxygens (including phenoxy) is 2. The molecule has 136 valence electrons. The summed E-state index contributed by atoms with van der Waals surface area (Å²) in [7, 11) is 0. The SMILES string of the molecule is CCOC(=O)[C@@H]1CC2(CN1C(=O)OCc1ccccc1)CC(F)(F)C2. The first kappa shape index (κ1) is 17.6. The number of alkyl halides is 2. The molecule has 1 spiro atoms. The summed E-state index contributed by atoms with van der Waals surface area (Å²) in [5, 5.41) is 0. The number of halogens is 2. The summed E-state index contributed by atoms with van der Waals surface area (Å²) in [6, 6.07) is 8.27. The summed E-state index contributed by atoms with van der Waals surface area (Å²) in [5.41, 5.74) is 0.0970. The van der Waals surface area contributed by atoms with Gasteiger partial charge in [-0.2, -0.15) is 0 Å². The summed E-state index contributed by atoms with van der Waals surface area (Å²) in [5.74, 6) is -3.28. The molecule has 0 N–H and O–H groups in total. The summed E-state index contributed by atoms with van der Waals surface area (Å²) in [6.07, 6.45) is -1.09. The molecule has 1 amide bonds. The van der Waals surface area contributed by atoms with Gasteiger partial charge in [-0.25, -0.2) is 18.4 Å². The van der Waals surface area contributed by atoms with E-state index in [4.69, 9.17) is 9.47 Å². The van der Waals surface area contributed by atoms with Crippen molar-refractivity contribution in [2.75, 3.05) is 13.2 Å². The molecule has 1 aromatic rings. The fraction of sp³-hybridized carbons (Fsp3) is 0.556. The number of likely N-dealkylation sites (tertiary alicyclic amines) is 1. The van der Waals surface area contributed by atoms with E-state index in [0.29, 0.717) is 0 Å². The molecule has 1 heterocycles. The van der Waals surface area contributed by atoms with Gasteiger partial charge in [0.25, 0.3) is 0 Å². The van der Waals surface area contributed by atoms with Crippen molar-refractivity contribution in [3.8, 4) is 0 Å². The third-order valence-corrected chi connectivity index (χ3v) is 4.77. The number of nitrogens with zero attached hydrogens (tertiary/aromatic N) is 1. The molecule has 3 rings (SSSR count). The molecule has 1 aromatic carbocycles. The van der Waals surface area contributed by atoms with E-state index in [-0.39, 0.29) is 39.0 Å². The molecule has 0 bridgehead atoms. The number of hydrogen-bond acceptors (Lipinski definition) is 4. The fourth-order valence-electron chi connectivity index (χ4n) is 3.80. The summed E-state index contributed by atoms with van der Waals surface area (Å²) < 4.78 is 37.0. The van der Waals surface area contributed by atoms with Gasteiger partial charge in [0, 0.05) is 24.8 Å². The minimum atomic E-state index is -2.72. The number of hydrogen-bond donors (Lipinski definition) is 0. The Labute approximate surface area is 144 Å². The first-order valence-corrected chi connectivity index (χ1v) is 8.36. The van der Waals surface area contributed by atoms with Crippen molar-refractivity contribution in [2.45, 2.75) is 44.8 Å². The Balaban J connectivity index is 1.67. The van der Waals surface area contributed by atoms with Crippen LogP contribution in [0, 0.1) is 5.41 Å². The van der Waals surface area contributed by atoms with Crippen molar-refractivity contribution >= 4 is 12.1 Å². The smallest absolute Gasteiger partial charge is 0.410 e. The predicted molar refractivity (Wildman–Crippen MR) is 85.0 cm³/mol. The maximum absolute atomic E-state index is 13.4. The molecule has 1 saturated heterocycles. The van der Waals surface area contributed by atoms with E-state index >= 15 is 0 Å². The van der Waals surface area contributed by atoms with Gasteiger partial charge in [-0.05, 0) is 18.9 Å². The van der Waals surface area contributed by atoms with Gasteiger partial charge in [-0.3, -0.25) is 4.90 Å². The van der Waals surface area contributed by atoms with E-state index < -0.39 is 29.4 Å². The lowest BCUT2D eigenvalue weighted by molar-refractivity contribution is -0.158. The number of esters is 1. The zero-order valence-electron chi connectivity index (χ0n) is 14.0. The van der Waals surface area contributed by atoms with Crippen molar-refractivity contribution < 1.29 is 27.8 Å². The first-order chi connectivity index (χ1) is 11.8. The molecule has 0 unspecified atom stereocenters. The molecule has 0 radical (unpaired) electrons. The summed E-state index contributed by atoms with van der Waals surface area (Å²) in [6.45, 7) is 2.00. The highest BCUT2D eigenvalue weighted by atomic mass is 19.3. The van der Waals surface area contributed by atoms with E-state index in [0.717, 1.165) is 5.56 Å². The standard InChI is InChI=1S/C18H21F2NO4/c1-2-24-15(22)14-8-17(10-18(19,20)11-17)12-21(14)16(23)25-9-13-6-4-3-5-7-13/h3-7,14H,2,8-12H2,1H3/t14-/m0/s1. The molecule has 2 aliphatic rings. The summed E-state index contributed by atoms with van der Waals surface area (Å²) >= 11 is 0. The highest BCUT2D eigenvalue weighted by molar-refractivity contribution is 5.82. The second-order valence-corrected chi connectivity index (χ2v) is 6.85. The molecule has 1 saturated carbocycles. The van der Waals surface area contributed by atoms with E-state index in [1.807, 2.05) is 30.3 Å². The van der Waals surface area contributed by atoms with Crippen LogP contribution in [-0.4, -0.2) is 42.1 Å². The third kappa shape index (κ3) is 3.75. The van der Waals surface area contributed by atoms with E-state index in [9.17, 15) is 18.4 Å². The Morgan fingerprint density at radius 2 is 1.88 bits per heavy atom. The van der Waals surface area contributed by atoms with Crippen molar-refractivity contribution in [1.29, 1.82) is 0 Å². The molecule has 25 heavy (non-hydrogen) atoms. The van der Waals surface area contributed by atoms with Crippen molar-refractivity contribution in [1.82, 2.24) is 4.90 Å². The topological polar surface area (TPSA) is 55.8 Å². The van der Waals surface area contributed by atoms with Crippen LogP contribution in [0.25, 0.3) is 0 Å². The van der Waals surface area contributed by atoms with Crippen molar-refractivity contribution in [3.63, 3.8) is 0 Å². The lowest BCUT2D eigenvalue weighted by Gasteiger charge is -2.44. The Hall–Kier alpha value is -2.18. The van der Waals surface area contributed by atoms with Gasteiger partial charge < -0.3 is 9.47 Å². The average molecular weight is 353 g/mol. The maximum atomic E-state index is 13.4. The molecule has 0 aromatic heterocycles. The van der Waals surface area contributed by atoms with E-state index in [1.54, 1.807) is 6.92 Å². The van der Waals surface area contributed by atoms with Crippen LogP contribution in [-0.2, 0) is 20.9 Å². The highest BCUT2D eigenvalue weighted by Crippen LogP contribution is 2.58. The van der Waals surface area contributed by atoms with Gasteiger partial charge in [-0.15, -0.1) is 0 Å². The summed E-state index contributed by atoms with van der Waals surface area (Å²) in [4.78, 5) is 25.8. The van der Waals surface area contributed by atoms with Crippen LogP contribution in [0.3, 0.4) is 0 Å². The highest BCUT2D eigenvalue weighted by Gasteiger charge is 2.63. The second-order valence-electron chi connectivity index (χ2n) is 6.85. The second kappa shape index (κ2) is 6.61. The molecule has 5 nitrogen and oxygen atoms in total. The van der Waals surface area contributed by atoms with Crippen LogP contribution < -0.4 is 0 Å². The lowest BCUT2D eigenvalue weighted by Crippen LogP contribution is -2.48. The average Bonchev–Trinajstić information content (AvgIpc) is 2.93. The Bertz CT molecular complexity index is 642. The zero-order valence-corrected chi connectivity index (χ0v) is 14.0. The van der Waals surface area contributed by atoms with Crippen LogP contribution in [0.1, 0.15) is 31.7 Å². The number of amides is 1. The zero-order chi connectivity index (χ0) is 18.1. The van der Waals surface area contributed by atoms with Crippen molar-refractivity contribution in [2.24, 2.45) is 5.41 Å². The molecule has 1 aliphatic heterocycles. The fourth-order valence-corrected chi connectivity index (χ4v) is 3.80. The molecule has 2 fully saturated rings. The minimum Gasteiger partial charge on any atom is -0.464 e. The number of carbonyl (C=O) groups excluding carboxylic acids is 2. The van der Waals surface area contributed by atoms with Crippen LogP contribution in [0.2, 0.25) is 0 Å². The Kier molecular flexibility index (Phi) is 4.67. The van der Waals surface area contributed by atoms with Gasteiger partial charge in [0.15, 0.2) is 0 Å². The number of benzene rings is 1. The molecular weight excluding hydrogens is 332 g/mol. The largest absolute Gasteiger partial charge is 0.464 e. The van der Waals surface area contributed by atoms with Crippen molar-refractivity contribution in [3.05, 3.63) is 35.9 Å². The van der Waals surface area contributed by atoms with Crippen LogP contribution >= 0.6 is 0 Å². The molecular formula is C18H21F2NO4. The van der Waals surface area contributed by atoms with Gasteiger partial charge in [0.1, 0.15) is 12.6 Å². The molecule has 7 heteroatoms. The molecule has 1 atom stereocenters. The van der Waals surface area contributed by atoms with Gasteiger partial charge in [-0.1, -0.05) is 30.3 Å². The van der Waals surface area contributed by atoms with Gasteiger partial charge in [0.05, 0.1) is 6.61 Å². The van der Waals surface area contributed by atoms with Crippen LogP contribution in [0.5, 0.6) is 0 Å². The van der Waals surface area contributed by atoms with Crippen LogP contribution in [0.4, 0.5) is 13.6 Å². The normalized spacial score (nSPS) is 23.2. The third-order valence-electron chi connectivity index (χ3n) is 4.77. The van der Waals surface area contributed by atoms with Gasteiger partial charge in [0.2, 0.25) is 5.92 Å².